The van der Waals surface area contributed by atoms with Crippen LogP contribution in [0.5, 0.6) is 0 Å². The lowest BCUT2D eigenvalue weighted by Gasteiger charge is -1.96. The first-order chi connectivity index (χ1) is 13.7. The molecule has 1 amide bonds. The van der Waals surface area contributed by atoms with E-state index in [1.165, 1.54) is 17.6 Å². The predicted molar refractivity (Wildman–Crippen MR) is 109 cm³/mol. The normalized spacial score (nSPS) is 8.52. The summed E-state index contributed by atoms with van der Waals surface area (Å²) in [5, 5.41) is 23.2. The van der Waals surface area contributed by atoms with Crippen molar-refractivity contribution in [1.82, 2.24) is 15.4 Å². The van der Waals surface area contributed by atoms with E-state index in [1.807, 2.05) is 0 Å². The Balaban J connectivity index is 0. The first-order valence-corrected chi connectivity index (χ1v) is 9.18. The summed E-state index contributed by atoms with van der Waals surface area (Å²) in [5.74, 6) is 1.87. The standard InChI is InChI=1S/C6H5BrN2O2.C6H4BrNO2.C3H5ClO2.H3NO/c7-5-3-1-2-4(8-5)6(10)9-11;7-5-3-1-2-4(8-5)6(9)10;1-2-6-3(4)5;1-2/h1-3,11H,(H,9,10);1-3H,(H,9,10);2H2,1H3;2H,1H2. The Morgan fingerprint density at radius 2 is 1.52 bits per heavy atom. The monoisotopic (exact) mass is 558 g/mol. The summed E-state index contributed by atoms with van der Waals surface area (Å²) in [6, 6.07) is 9.58. The highest BCUT2D eigenvalue weighted by molar-refractivity contribution is 9.10. The van der Waals surface area contributed by atoms with Crippen molar-refractivity contribution >= 4 is 60.8 Å². The third kappa shape index (κ3) is 15.4. The number of carbonyl (C=O) groups is 3. The van der Waals surface area contributed by atoms with E-state index in [0.29, 0.717) is 15.8 Å². The third-order valence-corrected chi connectivity index (χ3v) is 3.23. The number of halogens is 3. The van der Waals surface area contributed by atoms with Gasteiger partial charge < -0.3 is 15.1 Å². The fraction of sp³-hybridized carbons (Fsp3) is 0.133. The molecule has 6 N–H and O–H groups in total. The zero-order chi connectivity index (χ0) is 22.8. The number of pyridine rings is 2. The molecule has 14 heteroatoms. The van der Waals surface area contributed by atoms with Crippen LogP contribution in [-0.2, 0) is 4.74 Å². The van der Waals surface area contributed by atoms with E-state index >= 15 is 0 Å². The zero-order valence-corrected chi connectivity index (χ0v) is 18.7. The molecule has 0 spiro atoms. The molecule has 2 aromatic rings. The molecule has 0 radical (unpaired) electrons. The van der Waals surface area contributed by atoms with Crippen LogP contribution >= 0.6 is 43.5 Å². The Labute approximate surface area is 187 Å². The molecule has 0 aliphatic heterocycles. The van der Waals surface area contributed by atoms with E-state index in [9.17, 15) is 14.4 Å². The molecule has 0 aliphatic rings. The summed E-state index contributed by atoms with van der Waals surface area (Å²) in [4.78, 5) is 38.1. The van der Waals surface area contributed by atoms with Crippen molar-refractivity contribution in [2.24, 2.45) is 5.90 Å². The quantitative estimate of drug-likeness (QED) is 0.162. The maximum atomic E-state index is 10.7. The van der Waals surface area contributed by atoms with Crippen LogP contribution in [0.25, 0.3) is 0 Å². The number of ether oxygens (including phenoxy) is 1. The third-order valence-electron chi connectivity index (χ3n) is 2.24. The number of nitrogens with two attached hydrogens (primary N) is 1. The molecule has 0 bridgehead atoms. The first kappa shape index (κ1) is 29.0. The minimum absolute atomic E-state index is 0.0503. The van der Waals surface area contributed by atoms with Crippen LogP contribution < -0.4 is 11.4 Å². The van der Waals surface area contributed by atoms with Gasteiger partial charge in [0.05, 0.1) is 6.61 Å². The van der Waals surface area contributed by atoms with Gasteiger partial charge in [-0.2, -0.15) is 0 Å². The Hall–Kier alpha value is -2.16. The topological polar surface area (TPSA) is 185 Å². The molecule has 0 unspecified atom stereocenters. The summed E-state index contributed by atoms with van der Waals surface area (Å²) in [7, 11) is 0. The van der Waals surface area contributed by atoms with Gasteiger partial charge in [-0.05, 0) is 63.0 Å². The lowest BCUT2D eigenvalue weighted by atomic mass is 10.3. The summed E-state index contributed by atoms with van der Waals surface area (Å²) >= 11 is 10.9. The maximum Gasteiger partial charge on any atom is 0.403 e. The number of carboxylic acid groups (broad SMARTS) is 1. The number of hydrogen-bond donors (Lipinski definition) is 5. The number of nitrogens with one attached hydrogen (secondary N) is 1. The van der Waals surface area contributed by atoms with Crippen molar-refractivity contribution < 1.29 is 34.6 Å². The smallest absolute Gasteiger partial charge is 0.403 e. The second-order valence-electron chi connectivity index (χ2n) is 4.11. The molecule has 0 aliphatic carbocycles. The molecule has 2 aromatic heterocycles. The number of nitrogens with zero attached hydrogens (tertiary/aromatic N) is 2. The van der Waals surface area contributed by atoms with Crippen molar-refractivity contribution in [3.63, 3.8) is 0 Å². The van der Waals surface area contributed by atoms with Crippen LogP contribution in [0.2, 0.25) is 0 Å². The second kappa shape index (κ2) is 17.9. The number of aromatic nitrogens is 2. The van der Waals surface area contributed by atoms with Crippen molar-refractivity contribution in [2.45, 2.75) is 6.92 Å². The van der Waals surface area contributed by atoms with Gasteiger partial charge >= 0.3 is 11.4 Å². The molecular weight excluding hydrogens is 543 g/mol. The minimum Gasteiger partial charge on any atom is -0.477 e. The number of aromatic carboxylic acids is 1. The Bertz CT molecular complexity index is 784. The van der Waals surface area contributed by atoms with Gasteiger partial charge in [0.15, 0.2) is 0 Å². The molecule has 0 fully saturated rings. The highest BCUT2D eigenvalue weighted by atomic mass is 79.9. The lowest BCUT2D eigenvalue weighted by molar-refractivity contribution is 0.0687. The second-order valence-corrected chi connectivity index (χ2v) is 6.04. The van der Waals surface area contributed by atoms with E-state index in [1.54, 1.807) is 31.2 Å². The van der Waals surface area contributed by atoms with Crippen LogP contribution in [-0.4, -0.2) is 49.4 Å². The van der Waals surface area contributed by atoms with Crippen molar-refractivity contribution in [3.8, 4) is 0 Å². The molecule has 160 valence electrons. The van der Waals surface area contributed by atoms with Gasteiger partial charge in [0.1, 0.15) is 20.6 Å². The first-order valence-electron chi connectivity index (χ1n) is 7.22. The predicted octanol–water partition coefficient (Wildman–Crippen LogP) is 3.22. The van der Waals surface area contributed by atoms with E-state index < -0.39 is 17.3 Å². The largest absolute Gasteiger partial charge is 0.477 e. The minimum atomic E-state index is -1.01. The van der Waals surface area contributed by atoms with Crippen molar-refractivity contribution in [2.75, 3.05) is 6.61 Å². The van der Waals surface area contributed by atoms with Crippen molar-refractivity contribution in [1.29, 1.82) is 0 Å². The number of hydrogen-bond acceptors (Lipinski definition) is 9. The summed E-state index contributed by atoms with van der Waals surface area (Å²) < 4.78 is 5.26. The number of amides is 1. The average molecular weight is 561 g/mol. The molecule has 0 aromatic carbocycles. The summed E-state index contributed by atoms with van der Waals surface area (Å²) in [5.41, 5.74) is 0.967. The van der Waals surface area contributed by atoms with Gasteiger partial charge in [-0.1, -0.05) is 12.1 Å². The average Bonchev–Trinajstić information content (AvgIpc) is 2.70. The molecule has 0 atom stereocenters. The number of carboxylic acids is 1. The number of carbonyl (C=O) groups excluding carboxylic acids is 2. The van der Waals surface area contributed by atoms with E-state index in [4.69, 9.17) is 27.1 Å². The molecule has 0 saturated carbocycles. The fourth-order valence-corrected chi connectivity index (χ4v) is 2.03. The molecule has 0 saturated heterocycles. The molecule has 2 rings (SSSR count). The summed E-state index contributed by atoms with van der Waals surface area (Å²) in [6.07, 6.45) is 0. The Kier molecular flexibility index (Phi) is 17.9. The summed E-state index contributed by atoms with van der Waals surface area (Å²) in [6.45, 7) is 2.04. The SMILES string of the molecule is CCOC(=O)Cl.NO.O=C(NO)c1cccc(Br)n1.O=C(O)c1cccc(Br)n1. The Morgan fingerprint density at radius 1 is 1.07 bits per heavy atom. The van der Waals surface area contributed by atoms with E-state index in [2.05, 4.69) is 52.5 Å². The van der Waals surface area contributed by atoms with Crippen LogP contribution in [0.3, 0.4) is 0 Å². The number of rotatable bonds is 3. The van der Waals surface area contributed by atoms with Crippen LogP contribution in [0.15, 0.2) is 45.6 Å². The highest BCUT2D eigenvalue weighted by Gasteiger charge is 2.04. The van der Waals surface area contributed by atoms with Gasteiger partial charge in [-0.15, -0.1) is 0 Å². The van der Waals surface area contributed by atoms with Gasteiger partial charge in [0.2, 0.25) is 0 Å². The van der Waals surface area contributed by atoms with Crippen molar-refractivity contribution in [3.05, 3.63) is 57.0 Å². The molecule has 2 heterocycles. The fourth-order valence-electron chi connectivity index (χ4n) is 1.23. The Morgan fingerprint density at radius 3 is 1.79 bits per heavy atom. The van der Waals surface area contributed by atoms with Gasteiger partial charge in [-0.25, -0.2) is 30.9 Å². The van der Waals surface area contributed by atoms with E-state index in [0.717, 1.165) is 0 Å². The molecule has 11 nitrogen and oxygen atoms in total. The lowest BCUT2D eigenvalue weighted by Crippen LogP contribution is -2.19. The molecular formula is C15H17Br2ClN4O7. The maximum absolute atomic E-state index is 10.7. The van der Waals surface area contributed by atoms with Gasteiger partial charge in [0.25, 0.3) is 5.91 Å². The van der Waals surface area contributed by atoms with Gasteiger partial charge in [-0.3, -0.25) is 10.0 Å². The highest BCUT2D eigenvalue weighted by Crippen LogP contribution is 2.06. The zero-order valence-electron chi connectivity index (χ0n) is 14.8. The van der Waals surface area contributed by atoms with E-state index in [-0.39, 0.29) is 11.4 Å². The molecule has 29 heavy (non-hydrogen) atoms. The van der Waals surface area contributed by atoms with Crippen LogP contribution in [0.1, 0.15) is 27.9 Å². The number of hydroxylamine groups is 1. The van der Waals surface area contributed by atoms with Crippen LogP contribution in [0.4, 0.5) is 4.79 Å². The van der Waals surface area contributed by atoms with Gasteiger partial charge in [0, 0.05) is 11.6 Å². The van der Waals surface area contributed by atoms with Crippen LogP contribution in [0, 0.1) is 0 Å².